The second-order valence-corrected chi connectivity index (χ2v) is 4.88. The zero-order valence-electron chi connectivity index (χ0n) is 13.3. The summed E-state index contributed by atoms with van der Waals surface area (Å²) < 4.78 is 10.1. The van der Waals surface area contributed by atoms with Gasteiger partial charge in [-0.2, -0.15) is 10.5 Å². The van der Waals surface area contributed by atoms with Gasteiger partial charge >= 0.3 is 5.97 Å². The van der Waals surface area contributed by atoms with Crippen LogP contribution in [-0.4, -0.2) is 25.5 Å². The number of benzene rings is 1. The molecule has 120 valence electrons. The average Bonchev–Trinajstić information content (AvgIpc) is 2.54. The van der Waals surface area contributed by atoms with E-state index in [-0.39, 0.29) is 6.61 Å². The number of rotatable bonds is 7. The maximum Gasteiger partial charge on any atom is 0.317 e. The molecule has 1 aromatic carbocycles. The highest BCUT2D eigenvalue weighted by Gasteiger charge is 2.40. The van der Waals surface area contributed by atoms with Crippen LogP contribution in [0.4, 0.5) is 0 Å². The van der Waals surface area contributed by atoms with Gasteiger partial charge in [0.2, 0.25) is 0 Å². The fourth-order valence-electron chi connectivity index (χ4n) is 2.41. The van der Waals surface area contributed by atoms with Crippen LogP contribution < -0.4 is 4.74 Å². The first-order valence-electron chi connectivity index (χ1n) is 7.10. The normalized spacial score (nSPS) is 12.6. The van der Waals surface area contributed by atoms with Gasteiger partial charge in [-0.25, -0.2) is 0 Å². The molecule has 23 heavy (non-hydrogen) atoms. The first kappa shape index (κ1) is 18.2. The van der Waals surface area contributed by atoms with Crippen molar-refractivity contribution in [3.05, 3.63) is 29.8 Å². The fourth-order valence-corrected chi connectivity index (χ4v) is 2.41. The molecule has 1 rings (SSSR count). The molecule has 6 heteroatoms. The van der Waals surface area contributed by atoms with Gasteiger partial charge in [0, 0.05) is 5.92 Å². The molecule has 0 fully saturated rings. The van der Waals surface area contributed by atoms with Crippen molar-refractivity contribution in [1.29, 1.82) is 10.5 Å². The van der Waals surface area contributed by atoms with Gasteiger partial charge in [0.05, 0.1) is 25.9 Å². The molecular formula is C17H18N2O4. The van der Waals surface area contributed by atoms with Gasteiger partial charge in [-0.05, 0) is 31.5 Å². The summed E-state index contributed by atoms with van der Waals surface area (Å²) in [5, 5.41) is 18.5. The molecule has 0 radical (unpaired) electrons. The minimum absolute atomic E-state index is 0.108. The SMILES string of the molecule is CCOC(=O)[C@@H](C(C)=O)[C@H](c1cccc(OC)c1)C(C#N)C#N. The summed E-state index contributed by atoms with van der Waals surface area (Å²) in [6.07, 6.45) is 0. The Morgan fingerprint density at radius 2 is 1.91 bits per heavy atom. The molecule has 0 heterocycles. The van der Waals surface area contributed by atoms with E-state index < -0.39 is 29.5 Å². The van der Waals surface area contributed by atoms with Crippen molar-refractivity contribution in [3.63, 3.8) is 0 Å². The predicted molar refractivity (Wildman–Crippen MR) is 81.3 cm³/mol. The maximum atomic E-state index is 12.2. The van der Waals surface area contributed by atoms with Crippen LogP contribution in [0.1, 0.15) is 25.3 Å². The van der Waals surface area contributed by atoms with Crippen LogP contribution in [-0.2, 0) is 14.3 Å². The van der Waals surface area contributed by atoms with Crippen LogP contribution in [0.15, 0.2) is 24.3 Å². The van der Waals surface area contributed by atoms with Crippen molar-refractivity contribution in [3.8, 4) is 17.9 Å². The summed E-state index contributed by atoms with van der Waals surface area (Å²) >= 11 is 0. The molecule has 6 nitrogen and oxygen atoms in total. The first-order valence-corrected chi connectivity index (χ1v) is 7.10. The zero-order chi connectivity index (χ0) is 17.4. The third-order valence-electron chi connectivity index (χ3n) is 3.45. The smallest absolute Gasteiger partial charge is 0.317 e. The van der Waals surface area contributed by atoms with Gasteiger partial charge in [-0.15, -0.1) is 0 Å². The second-order valence-electron chi connectivity index (χ2n) is 4.88. The van der Waals surface area contributed by atoms with Crippen LogP contribution in [0, 0.1) is 34.5 Å². The Hall–Kier alpha value is -2.86. The van der Waals surface area contributed by atoms with Gasteiger partial charge in [0.1, 0.15) is 23.4 Å². The van der Waals surface area contributed by atoms with Crippen molar-refractivity contribution < 1.29 is 19.1 Å². The lowest BCUT2D eigenvalue weighted by atomic mass is 9.76. The summed E-state index contributed by atoms with van der Waals surface area (Å²) in [4.78, 5) is 24.2. The van der Waals surface area contributed by atoms with Gasteiger partial charge < -0.3 is 9.47 Å². The number of ether oxygens (including phenoxy) is 2. The van der Waals surface area contributed by atoms with Crippen LogP contribution in [0.2, 0.25) is 0 Å². The molecule has 0 aromatic heterocycles. The van der Waals surface area contributed by atoms with Gasteiger partial charge in [-0.3, -0.25) is 9.59 Å². The van der Waals surface area contributed by atoms with Crippen LogP contribution in [0.3, 0.4) is 0 Å². The summed E-state index contributed by atoms with van der Waals surface area (Å²) in [5.74, 6) is -3.98. The molecule has 0 aliphatic heterocycles. The number of hydrogen-bond acceptors (Lipinski definition) is 6. The molecule has 0 saturated carbocycles. The van der Waals surface area contributed by atoms with E-state index in [0.29, 0.717) is 11.3 Å². The Morgan fingerprint density at radius 3 is 2.39 bits per heavy atom. The second kappa shape index (κ2) is 8.55. The lowest BCUT2D eigenvalue weighted by Gasteiger charge is -2.25. The molecule has 0 bridgehead atoms. The van der Waals surface area contributed by atoms with Gasteiger partial charge in [0.15, 0.2) is 0 Å². The number of carbonyl (C=O) groups is 2. The van der Waals surface area contributed by atoms with Gasteiger partial charge in [0.25, 0.3) is 0 Å². The van der Waals surface area contributed by atoms with Crippen molar-refractivity contribution in [1.82, 2.24) is 0 Å². The highest BCUT2D eigenvalue weighted by molar-refractivity contribution is 5.99. The maximum absolute atomic E-state index is 12.2. The van der Waals surface area contributed by atoms with Crippen molar-refractivity contribution >= 4 is 11.8 Å². The third-order valence-corrected chi connectivity index (χ3v) is 3.45. The Bertz CT molecular complexity index is 643. The topological polar surface area (TPSA) is 100 Å². The number of carbonyl (C=O) groups excluding carboxylic acids is 2. The Labute approximate surface area is 135 Å². The molecule has 0 spiro atoms. The van der Waals surface area contributed by atoms with Crippen molar-refractivity contribution in [2.24, 2.45) is 11.8 Å². The van der Waals surface area contributed by atoms with E-state index >= 15 is 0 Å². The Balaban J connectivity index is 3.44. The lowest BCUT2D eigenvalue weighted by Crippen LogP contribution is -2.33. The van der Waals surface area contributed by atoms with E-state index in [1.807, 2.05) is 12.1 Å². The largest absolute Gasteiger partial charge is 0.497 e. The predicted octanol–water partition coefficient (Wildman–Crippen LogP) is 2.21. The number of nitriles is 2. The Morgan fingerprint density at radius 1 is 1.26 bits per heavy atom. The van der Waals surface area contributed by atoms with E-state index in [0.717, 1.165) is 0 Å². The molecule has 0 unspecified atom stereocenters. The third kappa shape index (κ3) is 4.31. The monoisotopic (exact) mass is 314 g/mol. The fraction of sp³-hybridized carbons (Fsp3) is 0.412. The van der Waals surface area contributed by atoms with Crippen LogP contribution in [0.25, 0.3) is 0 Å². The number of methoxy groups -OCH3 is 1. The highest BCUT2D eigenvalue weighted by atomic mass is 16.5. The van der Waals surface area contributed by atoms with E-state index in [1.54, 1.807) is 31.2 Å². The summed E-state index contributed by atoms with van der Waals surface area (Å²) in [6, 6.07) is 10.4. The quantitative estimate of drug-likeness (QED) is 0.565. The standard InChI is InChI=1S/C17H18N2O4/c1-4-23-17(21)15(11(2)20)16(13(9-18)10-19)12-6-5-7-14(8-12)22-3/h5-8,13,15-16H,4H2,1-3H3/t15-,16+/m0/s1. The molecule has 0 saturated heterocycles. The number of ketones is 1. The number of Topliss-reactive ketones (excluding diaryl/α,β-unsaturated/α-hetero) is 1. The van der Waals surface area contributed by atoms with Crippen molar-refractivity contribution in [2.45, 2.75) is 19.8 Å². The van der Waals surface area contributed by atoms with Crippen LogP contribution in [0.5, 0.6) is 5.75 Å². The van der Waals surface area contributed by atoms with Crippen LogP contribution >= 0.6 is 0 Å². The summed E-state index contributed by atoms with van der Waals surface area (Å²) in [6.45, 7) is 2.99. The minimum Gasteiger partial charge on any atom is -0.497 e. The molecule has 0 amide bonds. The summed E-state index contributed by atoms with van der Waals surface area (Å²) in [5.41, 5.74) is 0.505. The number of nitrogens with zero attached hydrogens (tertiary/aromatic N) is 2. The molecule has 0 aliphatic rings. The molecular weight excluding hydrogens is 296 g/mol. The van der Waals surface area contributed by atoms with Gasteiger partial charge in [-0.1, -0.05) is 12.1 Å². The van der Waals surface area contributed by atoms with E-state index in [2.05, 4.69) is 0 Å². The number of esters is 1. The molecule has 2 atom stereocenters. The molecule has 0 aliphatic carbocycles. The van der Waals surface area contributed by atoms with E-state index in [4.69, 9.17) is 9.47 Å². The molecule has 1 aromatic rings. The first-order chi connectivity index (χ1) is 11.0. The van der Waals surface area contributed by atoms with Crippen molar-refractivity contribution in [2.75, 3.05) is 13.7 Å². The summed E-state index contributed by atoms with van der Waals surface area (Å²) in [7, 11) is 1.48. The molecule has 0 N–H and O–H groups in total. The van der Waals surface area contributed by atoms with E-state index in [9.17, 15) is 20.1 Å². The number of hydrogen-bond donors (Lipinski definition) is 0. The van der Waals surface area contributed by atoms with E-state index in [1.165, 1.54) is 14.0 Å². The highest BCUT2D eigenvalue weighted by Crippen LogP contribution is 2.35. The Kier molecular flexibility index (Phi) is 6.76. The average molecular weight is 314 g/mol. The zero-order valence-corrected chi connectivity index (χ0v) is 13.3. The lowest BCUT2D eigenvalue weighted by molar-refractivity contribution is -0.152. The minimum atomic E-state index is -1.22.